The lowest BCUT2D eigenvalue weighted by molar-refractivity contribution is 0.403. The van der Waals surface area contributed by atoms with Crippen LogP contribution in [0.5, 0.6) is 11.5 Å². The van der Waals surface area contributed by atoms with Crippen LogP contribution in [0.1, 0.15) is 5.56 Å². The van der Waals surface area contributed by atoms with Gasteiger partial charge in [0.25, 0.3) is 5.56 Å². The molecule has 2 aromatic rings. The van der Waals surface area contributed by atoms with Crippen LogP contribution in [0.15, 0.2) is 34.3 Å². The fourth-order valence-electron chi connectivity index (χ4n) is 1.15. The van der Waals surface area contributed by atoms with Gasteiger partial charge in [0.15, 0.2) is 11.5 Å². The van der Waals surface area contributed by atoms with Crippen molar-refractivity contribution in [1.29, 1.82) is 0 Å². The SMILES string of the molecule is O=c1cnnc(N/N=C/c2ccc(O)c(O)c2)[nH]1. The van der Waals surface area contributed by atoms with E-state index in [0.29, 0.717) is 5.56 Å². The Morgan fingerprint density at radius 2 is 2.17 bits per heavy atom. The number of phenolic OH excluding ortho intramolecular Hbond substituents is 2. The summed E-state index contributed by atoms with van der Waals surface area (Å²) in [5.41, 5.74) is 2.63. The van der Waals surface area contributed by atoms with Crippen molar-refractivity contribution in [3.8, 4) is 11.5 Å². The minimum atomic E-state index is -0.398. The number of aromatic hydroxyl groups is 2. The monoisotopic (exact) mass is 247 g/mol. The van der Waals surface area contributed by atoms with Gasteiger partial charge in [0.1, 0.15) is 6.20 Å². The quantitative estimate of drug-likeness (QED) is 0.344. The first-order valence-corrected chi connectivity index (χ1v) is 4.88. The normalized spacial score (nSPS) is 10.7. The van der Waals surface area contributed by atoms with Crippen molar-refractivity contribution >= 4 is 12.2 Å². The number of nitrogens with one attached hydrogen (secondary N) is 2. The van der Waals surface area contributed by atoms with E-state index in [1.54, 1.807) is 6.07 Å². The number of anilines is 1. The fourth-order valence-corrected chi connectivity index (χ4v) is 1.15. The molecule has 0 radical (unpaired) electrons. The molecule has 0 bridgehead atoms. The van der Waals surface area contributed by atoms with E-state index < -0.39 is 5.56 Å². The number of rotatable bonds is 3. The third-order valence-electron chi connectivity index (χ3n) is 1.96. The number of H-pyrrole nitrogens is 1. The van der Waals surface area contributed by atoms with E-state index in [9.17, 15) is 9.90 Å². The summed E-state index contributed by atoms with van der Waals surface area (Å²) in [4.78, 5) is 13.3. The minimum Gasteiger partial charge on any atom is -0.504 e. The molecule has 0 saturated heterocycles. The van der Waals surface area contributed by atoms with Gasteiger partial charge in [-0.05, 0) is 23.8 Å². The summed E-state index contributed by atoms with van der Waals surface area (Å²) in [6, 6.07) is 4.22. The molecule has 1 aromatic heterocycles. The number of hydrogen-bond donors (Lipinski definition) is 4. The van der Waals surface area contributed by atoms with Gasteiger partial charge >= 0.3 is 0 Å². The molecule has 0 amide bonds. The number of nitrogens with zero attached hydrogens (tertiary/aromatic N) is 3. The van der Waals surface area contributed by atoms with Crippen molar-refractivity contribution in [2.24, 2.45) is 5.10 Å². The third kappa shape index (κ3) is 2.82. The molecule has 2 rings (SSSR count). The lowest BCUT2D eigenvalue weighted by Crippen LogP contribution is -2.10. The average Bonchev–Trinajstić information content (AvgIpc) is 2.34. The Morgan fingerprint density at radius 1 is 1.33 bits per heavy atom. The van der Waals surface area contributed by atoms with Gasteiger partial charge in [-0.15, -0.1) is 10.2 Å². The molecule has 0 unspecified atom stereocenters. The molecule has 1 aromatic carbocycles. The van der Waals surface area contributed by atoms with Crippen LogP contribution in [0.4, 0.5) is 5.95 Å². The highest BCUT2D eigenvalue weighted by molar-refractivity contribution is 5.81. The second-order valence-corrected chi connectivity index (χ2v) is 3.30. The highest BCUT2D eigenvalue weighted by Crippen LogP contribution is 2.23. The molecule has 92 valence electrons. The summed E-state index contributed by atoms with van der Waals surface area (Å²) in [6.07, 6.45) is 2.42. The zero-order valence-corrected chi connectivity index (χ0v) is 9.03. The Kier molecular flexibility index (Phi) is 3.19. The van der Waals surface area contributed by atoms with E-state index in [4.69, 9.17) is 5.11 Å². The van der Waals surface area contributed by atoms with Crippen LogP contribution in [0, 0.1) is 0 Å². The Hall–Kier alpha value is -2.90. The first-order chi connectivity index (χ1) is 8.65. The van der Waals surface area contributed by atoms with Gasteiger partial charge in [0, 0.05) is 0 Å². The average molecular weight is 247 g/mol. The molecule has 8 heteroatoms. The predicted octanol–water partition coefficient (Wildman–Crippen LogP) is 0.0221. The zero-order chi connectivity index (χ0) is 13.0. The summed E-state index contributed by atoms with van der Waals surface area (Å²) in [7, 11) is 0. The molecule has 1 heterocycles. The van der Waals surface area contributed by atoms with Crippen molar-refractivity contribution in [3.63, 3.8) is 0 Å². The van der Waals surface area contributed by atoms with Gasteiger partial charge in [0.05, 0.1) is 6.21 Å². The summed E-state index contributed by atoms with van der Waals surface area (Å²) in [6.45, 7) is 0. The van der Waals surface area contributed by atoms with E-state index in [2.05, 4.69) is 25.7 Å². The molecule has 8 nitrogen and oxygen atoms in total. The topological polar surface area (TPSA) is 123 Å². The highest BCUT2D eigenvalue weighted by atomic mass is 16.3. The van der Waals surface area contributed by atoms with Crippen LogP contribution in [-0.2, 0) is 0 Å². The maximum atomic E-state index is 10.9. The van der Waals surface area contributed by atoms with E-state index in [-0.39, 0.29) is 17.4 Å². The number of phenols is 2. The van der Waals surface area contributed by atoms with E-state index >= 15 is 0 Å². The Morgan fingerprint density at radius 3 is 2.89 bits per heavy atom. The van der Waals surface area contributed by atoms with Crippen LogP contribution in [0.25, 0.3) is 0 Å². The van der Waals surface area contributed by atoms with E-state index in [1.807, 2.05) is 0 Å². The molecule has 4 N–H and O–H groups in total. The number of hydrogen-bond acceptors (Lipinski definition) is 7. The van der Waals surface area contributed by atoms with Gasteiger partial charge < -0.3 is 10.2 Å². The fraction of sp³-hybridized carbons (Fsp3) is 0. The molecular formula is C10H9N5O3. The smallest absolute Gasteiger partial charge is 0.271 e. The van der Waals surface area contributed by atoms with Crippen LogP contribution in [-0.4, -0.2) is 31.6 Å². The molecule has 0 aliphatic heterocycles. The molecule has 0 spiro atoms. The van der Waals surface area contributed by atoms with Crippen LogP contribution < -0.4 is 11.0 Å². The van der Waals surface area contributed by atoms with Gasteiger partial charge in [0.2, 0.25) is 5.95 Å². The third-order valence-corrected chi connectivity index (χ3v) is 1.96. The largest absolute Gasteiger partial charge is 0.504 e. The number of hydrazone groups is 1. The number of aromatic nitrogens is 3. The number of aromatic amines is 1. The summed E-state index contributed by atoms with van der Waals surface area (Å²) < 4.78 is 0. The first-order valence-electron chi connectivity index (χ1n) is 4.88. The van der Waals surface area contributed by atoms with Crippen LogP contribution >= 0.6 is 0 Å². The Bertz CT molecular complexity index is 637. The lowest BCUT2D eigenvalue weighted by Gasteiger charge is -1.99. The summed E-state index contributed by atoms with van der Waals surface area (Å²) >= 11 is 0. The van der Waals surface area contributed by atoms with Gasteiger partial charge in [-0.1, -0.05) is 0 Å². The standard InChI is InChI=1S/C10H9N5O3/c16-7-2-1-6(3-8(7)17)4-11-14-10-13-9(18)5-12-15-10/h1-5,16-17H,(H2,13,14,15,18)/b11-4+. The van der Waals surface area contributed by atoms with Gasteiger partial charge in [-0.2, -0.15) is 5.10 Å². The molecule has 0 atom stereocenters. The second kappa shape index (κ2) is 4.95. The van der Waals surface area contributed by atoms with Crippen LogP contribution in [0.3, 0.4) is 0 Å². The molecule has 0 fully saturated rings. The maximum absolute atomic E-state index is 10.9. The summed E-state index contributed by atoms with van der Waals surface area (Å²) in [5, 5.41) is 29.2. The molecule has 0 saturated carbocycles. The van der Waals surface area contributed by atoms with Crippen molar-refractivity contribution in [3.05, 3.63) is 40.3 Å². The van der Waals surface area contributed by atoms with Crippen molar-refractivity contribution in [2.75, 3.05) is 5.43 Å². The van der Waals surface area contributed by atoms with Gasteiger partial charge in [-0.3, -0.25) is 9.78 Å². The zero-order valence-electron chi connectivity index (χ0n) is 9.03. The molecule has 18 heavy (non-hydrogen) atoms. The molecule has 0 aliphatic rings. The number of benzene rings is 1. The summed E-state index contributed by atoms with van der Waals surface area (Å²) in [5.74, 6) is -0.355. The van der Waals surface area contributed by atoms with Crippen molar-refractivity contribution in [1.82, 2.24) is 15.2 Å². The van der Waals surface area contributed by atoms with Crippen LogP contribution in [0.2, 0.25) is 0 Å². The van der Waals surface area contributed by atoms with Crippen molar-refractivity contribution < 1.29 is 10.2 Å². The lowest BCUT2D eigenvalue weighted by atomic mass is 10.2. The second-order valence-electron chi connectivity index (χ2n) is 3.30. The maximum Gasteiger partial charge on any atom is 0.271 e. The Labute approximate surface area is 101 Å². The van der Waals surface area contributed by atoms with Gasteiger partial charge in [-0.25, -0.2) is 5.43 Å². The van der Waals surface area contributed by atoms with E-state index in [1.165, 1.54) is 18.3 Å². The van der Waals surface area contributed by atoms with Crippen molar-refractivity contribution in [2.45, 2.75) is 0 Å². The highest BCUT2D eigenvalue weighted by Gasteiger charge is 1.98. The minimum absolute atomic E-state index is 0.0988. The predicted molar refractivity (Wildman–Crippen MR) is 63.6 cm³/mol. The first kappa shape index (κ1) is 11.6. The van der Waals surface area contributed by atoms with E-state index in [0.717, 1.165) is 6.20 Å². The molecular weight excluding hydrogens is 238 g/mol. The molecule has 0 aliphatic carbocycles. The Balaban J connectivity index is 2.07.